The lowest BCUT2D eigenvalue weighted by Gasteiger charge is -2.39. The zero-order chi connectivity index (χ0) is 23.4. The lowest BCUT2D eigenvalue weighted by molar-refractivity contribution is -0.192. The lowest BCUT2D eigenvalue weighted by Crippen LogP contribution is -2.56. The number of carboxylic acids is 1. The monoisotopic (exact) mass is 464 g/mol. The second-order valence-electron chi connectivity index (χ2n) is 7.77. The summed E-state index contributed by atoms with van der Waals surface area (Å²) >= 11 is 0. The molecule has 2 fully saturated rings. The van der Waals surface area contributed by atoms with Gasteiger partial charge in [-0.25, -0.2) is 13.2 Å². The van der Waals surface area contributed by atoms with Crippen molar-refractivity contribution >= 4 is 21.7 Å². The number of sulfone groups is 1. The van der Waals surface area contributed by atoms with Crippen molar-refractivity contribution in [1.82, 2.24) is 9.80 Å². The molecule has 7 nitrogen and oxygen atoms in total. The number of amides is 1. The fourth-order valence-corrected chi connectivity index (χ4v) is 5.99. The Balaban J connectivity index is 0.000000423. The van der Waals surface area contributed by atoms with E-state index in [4.69, 9.17) is 9.90 Å². The van der Waals surface area contributed by atoms with E-state index in [0.717, 1.165) is 26.1 Å². The van der Waals surface area contributed by atoms with Crippen LogP contribution in [0.5, 0.6) is 0 Å². The van der Waals surface area contributed by atoms with Crippen molar-refractivity contribution in [3.63, 3.8) is 0 Å². The molecule has 0 aliphatic carbocycles. The minimum absolute atomic E-state index is 0.00717. The Bertz CT molecular complexity index is 904. The smallest absolute Gasteiger partial charge is 0.475 e. The van der Waals surface area contributed by atoms with E-state index in [1.807, 2.05) is 12.1 Å². The first-order valence-corrected chi connectivity index (χ1v) is 11.6. The Morgan fingerprint density at radius 2 is 1.71 bits per heavy atom. The Morgan fingerprint density at radius 3 is 2.26 bits per heavy atom. The average molecular weight is 465 g/mol. The van der Waals surface area contributed by atoms with Crippen LogP contribution in [0.1, 0.15) is 30.9 Å². The molecule has 2 aliphatic heterocycles. The van der Waals surface area contributed by atoms with Crippen LogP contribution in [0.3, 0.4) is 0 Å². The molecule has 0 aromatic heterocycles. The quantitative estimate of drug-likeness (QED) is 0.722. The molecule has 174 valence electrons. The van der Waals surface area contributed by atoms with Crippen LogP contribution < -0.4 is 0 Å². The van der Waals surface area contributed by atoms with E-state index in [-0.39, 0.29) is 17.7 Å². The zero-order valence-electron chi connectivity index (χ0n) is 17.4. The molecular formula is C20H27F3N2O5S. The second kappa shape index (κ2) is 9.99. The maximum absolute atomic E-state index is 12.5. The van der Waals surface area contributed by atoms with E-state index in [1.54, 1.807) is 11.8 Å². The average Bonchev–Trinajstić information content (AvgIpc) is 2.87. The molecule has 3 rings (SSSR count). The van der Waals surface area contributed by atoms with Gasteiger partial charge in [-0.05, 0) is 37.4 Å². The number of aliphatic carboxylic acids is 1. The van der Waals surface area contributed by atoms with Crippen LogP contribution in [0, 0.1) is 6.92 Å². The number of aryl methyl sites for hydroxylation is 1. The predicted molar refractivity (Wildman–Crippen MR) is 108 cm³/mol. The molecule has 2 saturated heterocycles. The summed E-state index contributed by atoms with van der Waals surface area (Å²) in [7, 11) is -3.10. The minimum Gasteiger partial charge on any atom is -0.475 e. The Labute approximate surface area is 179 Å². The summed E-state index contributed by atoms with van der Waals surface area (Å²) in [6, 6.07) is 8.15. The molecule has 2 aliphatic rings. The zero-order valence-corrected chi connectivity index (χ0v) is 18.2. The van der Waals surface area contributed by atoms with Gasteiger partial charge >= 0.3 is 12.1 Å². The normalized spacial score (nSPS) is 23.7. The van der Waals surface area contributed by atoms with Gasteiger partial charge in [-0.3, -0.25) is 9.69 Å². The highest BCUT2D eigenvalue weighted by Crippen LogP contribution is 2.28. The Hall–Kier alpha value is -2.14. The predicted octanol–water partition coefficient (Wildman–Crippen LogP) is 2.24. The van der Waals surface area contributed by atoms with Gasteiger partial charge in [-0.2, -0.15) is 13.2 Å². The van der Waals surface area contributed by atoms with Gasteiger partial charge in [-0.15, -0.1) is 0 Å². The SMILES string of the molecule is CC(=O)N1CCS(=O)(=O)[C@@H]2CCN(Cc3ccccc3C)CC[C@@H]21.O=C(O)C(F)(F)F. The first-order valence-electron chi connectivity index (χ1n) is 9.88. The van der Waals surface area contributed by atoms with Crippen LogP contribution in [-0.4, -0.2) is 78.1 Å². The van der Waals surface area contributed by atoms with E-state index in [1.165, 1.54) is 11.1 Å². The van der Waals surface area contributed by atoms with Crippen molar-refractivity contribution in [3.05, 3.63) is 35.4 Å². The van der Waals surface area contributed by atoms with E-state index < -0.39 is 27.2 Å². The number of carbonyl (C=O) groups is 2. The highest BCUT2D eigenvalue weighted by molar-refractivity contribution is 7.92. The maximum atomic E-state index is 12.5. The van der Waals surface area contributed by atoms with Crippen molar-refractivity contribution in [2.45, 2.75) is 50.7 Å². The number of rotatable bonds is 2. The number of hydrogen-bond acceptors (Lipinski definition) is 5. The van der Waals surface area contributed by atoms with E-state index in [0.29, 0.717) is 13.0 Å². The Kier molecular flexibility index (Phi) is 8.09. The molecule has 1 aromatic rings. The van der Waals surface area contributed by atoms with Crippen LogP contribution in [0.4, 0.5) is 13.2 Å². The molecule has 31 heavy (non-hydrogen) atoms. The summed E-state index contributed by atoms with van der Waals surface area (Å²) in [6.45, 7) is 6.43. The number of alkyl halides is 3. The number of likely N-dealkylation sites (tertiary alicyclic amines) is 1. The van der Waals surface area contributed by atoms with Gasteiger partial charge in [0.25, 0.3) is 0 Å². The molecule has 1 aromatic carbocycles. The van der Waals surface area contributed by atoms with Crippen LogP contribution in [-0.2, 0) is 26.0 Å². The number of carboxylic acid groups (broad SMARTS) is 1. The van der Waals surface area contributed by atoms with Crippen molar-refractivity contribution in [2.24, 2.45) is 0 Å². The highest BCUT2D eigenvalue weighted by Gasteiger charge is 2.43. The van der Waals surface area contributed by atoms with E-state index in [9.17, 15) is 26.4 Å². The van der Waals surface area contributed by atoms with Crippen molar-refractivity contribution < 1.29 is 36.3 Å². The number of halogens is 3. The molecule has 1 N–H and O–H groups in total. The molecule has 0 spiro atoms. The van der Waals surface area contributed by atoms with Crippen molar-refractivity contribution in [1.29, 1.82) is 0 Å². The maximum Gasteiger partial charge on any atom is 0.490 e. The van der Waals surface area contributed by atoms with Crippen molar-refractivity contribution in [2.75, 3.05) is 25.4 Å². The number of hydrogen-bond donors (Lipinski definition) is 1. The molecule has 11 heteroatoms. The van der Waals surface area contributed by atoms with Crippen LogP contribution in [0.15, 0.2) is 24.3 Å². The number of nitrogens with zero attached hydrogens (tertiary/aromatic N) is 2. The summed E-state index contributed by atoms with van der Waals surface area (Å²) in [5.74, 6) is -2.66. The first-order chi connectivity index (χ1) is 14.3. The minimum atomic E-state index is -5.08. The van der Waals surface area contributed by atoms with Gasteiger partial charge in [0.05, 0.1) is 11.0 Å². The molecule has 0 radical (unpaired) electrons. The number of fused-ring (bicyclic) bond motifs is 1. The largest absolute Gasteiger partial charge is 0.490 e. The Morgan fingerprint density at radius 1 is 1.13 bits per heavy atom. The second-order valence-corrected chi connectivity index (χ2v) is 10.1. The van der Waals surface area contributed by atoms with Crippen molar-refractivity contribution in [3.8, 4) is 0 Å². The van der Waals surface area contributed by atoms with E-state index >= 15 is 0 Å². The fraction of sp³-hybridized carbons (Fsp3) is 0.600. The van der Waals surface area contributed by atoms with E-state index in [2.05, 4.69) is 24.0 Å². The van der Waals surface area contributed by atoms with Gasteiger partial charge in [0.15, 0.2) is 9.84 Å². The van der Waals surface area contributed by atoms with Gasteiger partial charge in [0.2, 0.25) is 5.91 Å². The van der Waals surface area contributed by atoms with Gasteiger partial charge < -0.3 is 10.0 Å². The highest BCUT2D eigenvalue weighted by atomic mass is 32.2. The van der Waals surface area contributed by atoms with Crippen LogP contribution in [0.2, 0.25) is 0 Å². The summed E-state index contributed by atoms with van der Waals surface area (Å²) < 4.78 is 56.7. The molecular weight excluding hydrogens is 437 g/mol. The number of carbonyl (C=O) groups excluding carboxylic acids is 1. The summed E-state index contributed by atoms with van der Waals surface area (Å²) in [6.07, 6.45) is -3.74. The summed E-state index contributed by atoms with van der Waals surface area (Å²) in [4.78, 5) is 24.9. The number of benzene rings is 1. The fourth-order valence-electron chi connectivity index (χ4n) is 4.01. The topological polar surface area (TPSA) is 95.0 Å². The van der Waals surface area contributed by atoms with Gasteiger partial charge in [-0.1, -0.05) is 24.3 Å². The lowest BCUT2D eigenvalue weighted by atomic mass is 10.1. The summed E-state index contributed by atoms with van der Waals surface area (Å²) in [5.41, 5.74) is 2.55. The summed E-state index contributed by atoms with van der Waals surface area (Å²) in [5, 5.41) is 6.72. The molecule has 0 saturated carbocycles. The van der Waals surface area contributed by atoms with Crippen LogP contribution in [0.25, 0.3) is 0 Å². The molecule has 0 bridgehead atoms. The third-order valence-corrected chi connectivity index (χ3v) is 7.90. The third kappa shape index (κ3) is 6.67. The molecule has 2 atom stereocenters. The third-order valence-electron chi connectivity index (χ3n) is 5.68. The standard InChI is InChI=1S/C18H26N2O3S.C2HF3O2/c1-14-5-3-4-6-16(14)13-19-9-7-17-18(8-10-19)24(22,23)12-11-20(17)15(2)21;3-2(4,5)1(6)7/h3-6,17-18H,7-13H2,1-2H3;(H,6,7)/t17-,18+;/m0./s1. The molecule has 1 amide bonds. The van der Waals surface area contributed by atoms with Gasteiger partial charge in [0.1, 0.15) is 0 Å². The molecule has 2 heterocycles. The van der Waals surface area contributed by atoms with Gasteiger partial charge in [0, 0.05) is 32.6 Å². The molecule has 0 unspecified atom stereocenters. The van der Waals surface area contributed by atoms with Crippen LogP contribution >= 0.6 is 0 Å². The first kappa shape index (κ1) is 25.1.